The van der Waals surface area contributed by atoms with Gasteiger partial charge in [0.25, 0.3) is 0 Å². The van der Waals surface area contributed by atoms with Crippen molar-refractivity contribution in [2.75, 3.05) is 5.73 Å². The molecule has 40 heavy (non-hydrogen) atoms. The van der Waals surface area contributed by atoms with Crippen molar-refractivity contribution < 1.29 is 0 Å². The standard InChI is InChI=1S/C21H20N2.C15H12N2/c1-14(2)15-3-5-16(6-4-15)17-7-9-18(10-8-17)19-11-12-20(22)21(23)13-19;16-13-7-5-11(6-8-13)15-10-17-9-12-3-1-2-4-14(12)15/h3-14,22-23H,1-2H3;1-10H,16H2. The topological polar surface area (TPSA) is 86.6 Å². The van der Waals surface area contributed by atoms with Crippen LogP contribution in [-0.4, -0.2) is 16.4 Å². The molecule has 196 valence electrons. The Kier molecular flexibility index (Phi) is 7.79. The summed E-state index contributed by atoms with van der Waals surface area (Å²) in [5.74, 6) is 0.547. The molecule has 0 fully saturated rings. The maximum Gasteiger partial charge on any atom is 0.0795 e. The Morgan fingerprint density at radius 2 is 1.23 bits per heavy atom. The molecule has 0 atom stereocenters. The van der Waals surface area contributed by atoms with Crippen molar-refractivity contribution in [3.05, 3.63) is 139 Å². The molecule has 4 aromatic carbocycles. The van der Waals surface area contributed by atoms with E-state index in [1.807, 2.05) is 54.9 Å². The number of nitrogen functional groups attached to an aromatic ring is 1. The molecule has 1 aliphatic carbocycles. The van der Waals surface area contributed by atoms with Crippen molar-refractivity contribution in [3.8, 4) is 22.3 Å². The second-order valence-corrected chi connectivity index (χ2v) is 10.1. The Labute approximate surface area is 235 Å². The van der Waals surface area contributed by atoms with Crippen LogP contribution >= 0.6 is 0 Å². The third-order valence-corrected chi connectivity index (χ3v) is 7.04. The third-order valence-electron chi connectivity index (χ3n) is 7.04. The fourth-order valence-corrected chi connectivity index (χ4v) is 4.65. The lowest BCUT2D eigenvalue weighted by molar-refractivity contribution is 0.867. The van der Waals surface area contributed by atoms with Gasteiger partial charge in [0.2, 0.25) is 0 Å². The number of nitrogens with zero attached hydrogens (tertiary/aromatic N) is 1. The highest BCUT2D eigenvalue weighted by atomic mass is 14.6. The number of hydrogen-bond acceptors (Lipinski definition) is 4. The van der Waals surface area contributed by atoms with Gasteiger partial charge in [-0.05, 0) is 69.0 Å². The first-order valence-electron chi connectivity index (χ1n) is 13.4. The van der Waals surface area contributed by atoms with Gasteiger partial charge < -0.3 is 5.73 Å². The third kappa shape index (κ3) is 5.97. The predicted octanol–water partition coefficient (Wildman–Crippen LogP) is 8.95. The lowest BCUT2D eigenvalue weighted by Gasteiger charge is -2.10. The van der Waals surface area contributed by atoms with Crippen LogP contribution < -0.4 is 5.73 Å². The zero-order valence-electron chi connectivity index (χ0n) is 22.7. The van der Waals surface area contributed by atoms with Crippen LogP contribution in [0.3, 0.4) is 0 Å². The summed E-state index contributed by atoms with van der Waals surface area (Å²) >= 11 is 0. The molecule has 4 nitrogen and oxygen atoms in total. The molecular weight excluding hydrogens is 488 g/mol. The Balaban J connectivity index is 0.000000168. The second kappa shape index (κ2) is 11.7. The number of nitrogens with one attached hydrogen (secondary N) is 2. The lowest BCUT2D eigenvalue weighted by atomic mass is 9.95. The largest absolute Gasteiger partial charge is 0.399 e. The zero-order valence-corrected chi connectivity index (χ0v) is 22.7. The van der Waals surface area contributed by atoms with Gasteiger partial charge in [-0.2, -0.15) is 0 Å². The molecule has 4 heteroatoms. The van der Waals surface area contributed by atoms with E-state index < -0.39 is 0 Å². The van der Waals surface area contributed by atoms with Crippen LogP contribution in [-0.2, 0) is 0 Å². The number of aromatic nitrogens is 1. The minimum Gasteiger partial charge on any atom is -0.399 e. The van der Waals surface area contributed by atoms with Gasteiger partial charge in [-0.25, -0.2) is 0 Å². The molecule has 1 aromatic heterocycles. The molecular formula is C36H32N4. The first-order chi connectivity index (χ1) is 19.4. The Morgan fingerprint density at radius 1 is 0.625 bits per heavy atom. The quantitative estimate of drug-likeness (QED) is 0.163. The van der Waals surface area contributed by atoms with Gasteiger partial charge in [-0.1, -0.05) is 105 Å². The van der Waals surface area contributed by atoms with Crippen molar-refractivity contribution in [2.45, 2.75) is 19.8 Å². The van der Waals surface area contributed by atoms with Gasteiger partial charge in [-0.3, -0.25) is 15.8 Å². The summed E-state index contributed by atoms with van der Waals surface area (Å²) in [6, 6.07) is 33.2. The summed E-state index contributed by atoms with van der Waals surface area (Å²) in [6.45, 7) is 4.40. The monoisotopic (exact) mass is 520 g/mol. The summed E-state index contributed by atoms with van der Waals surface area (Å²) < 4.78 is 0. The number of anilines is 1. The van der Waals surface area contributed by atoms with Crippen LogP contribution in [0.4, 0.5) is 5.69 Å². The number of nitrogens with two attached hydrogens (primary N) is 1. The molecule has 1 heterocycles. The number of hydrogen-bond donors (Lipinski definition) is 3. The summed E-state index contributed by atoms with van der Waals surface area (Å²) in [5.41, 5.74) is 15.1. The first-order valence-corrected chi connectivity index (χ1v) is 13.4. The number of pyridine rings is 1. The highest BCUT2D eigenvalue weighted by molar-refractivity contribution is 6.50. The summed E-state index contributed by atoms with van der Waals surface area (Å²) in [5, 5.41) is 17.7. The molecule has 0 amide bonds. The normalized spacial score (nSPS) is 12.7. The minimum atomic E-state index is 0.260. The van der Waals surface area contributed by atoms with Gasteiger partial charge in [0.15, 0.2) is 0 Å². The molecule has 0 aliphatic heterocycles. The van der Waals surface area contributed by atoms with E-state index in [1.165, 1.54) is 22.1 Å². The van der Waals surface area contributed by atoms with Gasteiger partial charge in [-0.15, -0.1) is 0 Å². The number of benzene rings is 4. The van der Waals surface area contributed by atoms with Crippen LogP contribution in [0.2, 0.25) is 0 Å². The van der Waals surface area contributed by atoms with E-state index >= 15 is 0 Å². The van der Waals surface area contributed by atoms with Gasteiger partial charge in [0.1, 0.15) is 0 Å². The zero-order chi connectivity index (χ0) is 28.1. The van der Waals surface area contributed by atoms with E-state index in [1.54, 1.807) is 12.2 Å². The van der Waals surface area contributed by atoms with E-state index in [9.17, 15) is 0 Å². The summed E-state index contributed by atoms with van der Waals surface area (Å²) in [4.78, 5) is 4.28. The Morgan fingerprint density at radius 3 is 1.88 bits per heavy atom. The summed E-state index contributed by atoms with van der Waals surface area (Å²) in [6.07, 6.45) is 9.10. The van der Waals surface area contributed by atoms with E-state index in [0.717, 1.165) is 33.3 Å². The number of allylic oxidation sites excluding steroid dienone is 4. The highest BCUT2D eigenvalue weighted by Crippen LogP contribution is 2.28. The molecule has 0 unspecified atom stereocenters. The van der Waals surface area contributed by atoms with Gasteiger partial charge in [0.05, 0.1) is 11.4 Å². The molecule has 5 aromatic rings. The lowest BCUT2D eigenvalue weighted by Crippen LogP contribution is -2.09. The first kappa shape index (κ1) is 26.5. The number of rotatable bonds is 4. The maximum atomic E-state index is 7.75. The van der Waals surface area contributed by atoms with Crippen molar-refractivity contribution >= 4 is 33.5 Å². The second-order valence-electron chi connectivity index (χ2n) is 10.1. The Bertz CT molecular complexity index is 1720. The molecule has 1 aliphatic rings. The molecule has 6 rings (SSSR count). The smallest absolute Gasteiger partial charge is 0.0795 e. The van der Waals surface area contributed by atoms with Gasteiger partial charge in [0, 0.05) is 29.0 Å². The molecule has 0 saturated heterocycles. The van der Waals surface area contributed by atoms with E-state index in [4.69, 9.17) is 16.6 Å². The minimum absolute atomic E-state index is 0.260. The van der Waals surface area contributed by atoms with Crippen molar-refractivity contribution in [1.82, 2.24) is 4.98 Å². The molecule has 0 radical (unpaired) electrons. The molecule has 0 bridgehead atoms. The molecule has 4 N–H and O–H groups in total. The summed E-state index contributed by atoms with van der Waals surface area (Å²) in [7, 11) is 0. The van der Waals surface area contributed by atoms with E-state index in [2.05, 4.69) is 79.5 Å². The van der Waals surface area contributed by atoms with Crippen LogP contribution in [0.5, 0.6) is 0 Å². The fraction of sp³-hybridized carbons (Fsp3) is 0.0833. The average Bonchev–Trinajstić information content (AvgIpc) is 2.99. The number of fused-ring (bicyclic) bond motifs is 1. The maximum absolute atomic E-state index is 7.75. The van der Waals surface area contributed by atoms with Crippen LogP contribution in [0, 0.1) is 10.8 Å². The molecule has 0 saturated carbocycles. The highest BCUT2D eigenvalue weighted by Gasteiger charge is 2.09. The van der Waals surface area contributed by atoms with Crippen molar-refractivity contribution in [1.29, 1.82) is 10.8 Å². The SMILES string of the molecule is CC(C)c1ccc(-c2ccc(C3=CC(=N)C(=N)C=C3)cc2)cc1.Nc1ccc(-c2cncc3ccccc23)cc1. The van der Waals surface area contributed by atoms with Crippen LogP contribution in [0.15, 0.2) is 128 Å². The average molecular weight is 521 g/mol. The van der Waals surface area contributed by atoms with E-state index in [-0.39, 0.29) is 11.4 Å². The fourth-order valence-electron chi connectivity index (χ4n) is 4.65. The van der Waals surface area contributed by atoms with Crippen molar-refractivity contribution in [2.24, 2.45) is 0 Å². The Hall–Kier alpha value is -5.09. The van der Waals surface area contributed by atoms with Crippen LogP contribution in [0.25, 0.3) is 38.6 Å². The predicted molar refractivity (Wildman–Crippen MR) is 170 cm³/mol. The molecule has 0 spiro atoms. The van der Waals surface area contributed by atoms with E-state index in [0.29, 0.717) is 5.92 Å². The van der Waals surface area contributed by atoms with Gasteiger partial charge >= 0.3 is 0 Å². The van der Waals surface area contributed by atoms with Crippen molar-refractivity contribution in [3.63, 3.8) is 0 Å². The van der Waals surface area contributed by atoms with Crippen LogP contribution in [0.1, 0.15) is 30.9 Å².